The molecule has 2 heterocycles. The zero-order valence-electron chi connectivity index (χ0n) is 10.4. The second-order valence-electron chi connectivity index (χ2n) is 4.08. The first-order chi connectivity index (χ1) is 9.47. The summed E-state index contributed by atoms with van der Waals surface area (Å²) >= 11 is 2.90. The Morgan fingerprint density at radius 1 is 1.10 bits per heavy atom. The minimum atomic E-state index is -3.83. The third kappa shape index (κ3) is 4.14. The highest BCUT2D eigenvalue weighted by molar-refractivity contribution is 7.89. The van der Waals surface area contributed by atoms with Crippen LogP contribution in [0.2, 0.25) is 0 Å². The largest absolute Gasteiger partial charge is 0.480 e. The maximum atomic E-state index is 12.1. The zero-order chi connectivity index (χ0) is 14.6. The number of carboxylic acids is 1. The molecule has 0 aromatic carbocycles. The second-order valence-corrected chi connectivity index (χ2v) is 8.11. The number of hydrogen-bond donors (Lipinski definition) is 1. The van der Waals surface area contributed by atoms with Gasteiger partial charge in [0.15, 0.2) is 5.75 Å². The van der Waals surface area contributed by atoms with E-state index in [9.17, 15) is 13.2 Å². The number of sulfonamides is 1. The van der Waals surface area contributed by atoms with E-state index in [0.29, 0.717) is 0 Å². The molecule has 0 spiro atoms. The average Bonchev–Trinajstić information content (AvgIpc) is 2.98. The lowest BCUT2D eigenvalue weighted by molar-refractivity contribution is -0.134. The summed E-state index contributed by atoms with van der Waals surface area (Å²) in [6.45, 7) is 0.399. The molecule has 0 aliphatic carbocycles. The first-order valence-electron chi connectivity index (χ1n) is 5.72. The van der Waals surface area contributed by atoms with Gasteiger partial charge in [-0.2, -0.15) is 4.31 Å². The van der Waals surface area contributed by atoms with Crippen molar-refractivity contribution in [1.29, 1.82) is 0 Å². The summed E-state index contributed by atoms with van der Waals surface area (Å²) in [5.74, 6) is -2.23. The monoisotopic (exact) mass is 331 g/mol. The topological polar surface area (TPSA) is 74.7 Å². The fourth-order valence-electron chi connectivity index (χ4n) is 1.65. The molecule has 2 rings (SSSR count). The van der Waals surface area contributed by atoms with Gasteiger partial charge in [-0.3, -0.25) is 4.79 Å². The summed E-state index contributed by atoms with van der Waals surface area (Å²) < 4.78 is 25.5. The summed E-state index contributed by atoms with van der Waals surface area (Å²) in [4.78, 5) is 12.5. The van der Waals surface area contributed by atoms with Crippen LogP contribution in [0.1, 0.15) is 9.75 Å². The maximum absolute atomic E-state index is 12.1. The van der Waals surface area contributed by atoms with Gasteiger partial charge in [0.1, 0.15) is 0 Å². The van der Waals surface area contributed by atoms with Crippen molar-refractivity contribution in [1.82, 2.24) is 4.31 Å². The van der Waals surface area contributed by atoms with Crippen molar-refractivity contribution in [2.24, 2.45) is 0 Å². The predicted molar refractivity (Wildman–Crippen MR) is 79.3 cm³/mol. The highest BCUT2D eigenvalue weighted by atomic mass is 32.2. The predicted octanol–water partition coefficient (Wildman–Crippen LogP) is 2.23. The molecule has 0 radical (unpaired) electrons. The number of hydrogen-bond acceptors (Lipinski definition) is 5. The average molecular weight is 331 g/mol. The Balaban J connectivity index is 2.21. The van der Waals surface area contributed by atoms with Gasteiger partial charge in [0.05, 0.1) is 0 Å². The van der Waals surface area contributed by atoms with Crippen LogP contribution in [0.3, 0.4) is 0 Å². The molecule has 108 valence electrons. The van der Waals surface area contributed by atoms with Crippen molar-refractivity contribution in [2.45, 2.75) is 13.1 Å². The molecule has 2 aromatic heterocycles. The smallest absolute Gasteiger partial charge is 0.320 e. The Hall–Kier alpha value is -1.22. The van der Waals surface area contributed by atoms with Gasteiger partial charge in [0, 0.05) is 22.8 Å². The molecule has 1 N–H and O–H groups in total. The van der Waals surface area contributed by atoms with Crippen molar-refractivity contribution < 1.29 is 18.3 Å². The van der Waals surface area contributed by atoms with Crippen molar-refractivity contribution in [2.75, 3.05) is 5.75 Å². The normalized spacial score (nSPS) is 11.8. The Kier molecular flexibility index (Phi) is 4.92. The van der Waals surface area contributed by atoms with Crippen molar-refractivity contribution in [3.63, 3.8) is 0 Å². The van der Waals surface area contributed by atoms with E-state index in [2.05, 4.69) is 0 Å². The molecule has 0 amide bonds. The molecule has 0 atom stereocenters. The van der Waals surface area contributed by atoms with Crippen LogP contribution in [0.25, 0.3) is 0 Å². The molecular weight excluding hydrogens is 318 g/mol. The molecular formula is C12H13NO4S3. The summed E-state index contributed by atoms with van der Waals surface area (Å²) in [5.41, 5.74) is 0. The Morgan fingerprint density at radius 3 is 1.95 bits per heavy atom. The Bertz CT molecular complexity index is 611. The van der Waals surface area contributed by atoms with Crippen LogP contribution >= 0.6 is 22.7 Å². The molecule has 2 aromatic rings. The lowest BCUT2D eigenvalue weighted by atomic mass is 10.4. The van der Waals surface area contributed by atoms with Gasteiger partial charge in [-0.25, -0.2) is 8.42 Å². The Morgan fingerprint density at radius 2 is 1.60 bits per heavy atom. The highest BCUT2D eigenvalue weighted by Gasteiger charge is 2.26. The van der Waals surface area contributed by atoms with Crippen LogP contribution in [0.5, 0.6) is 0 Å². The maximum Gasteiger partial charge on any atom is 0.320 e. The van der Waals surface area contributed by atoms with Crippen LogP contribution in [-0.4, -0.2) is 29.6 Å². The Labute approximate surface area is 125 Å². The number of nitrogens with zero attached hydrogens (tertiary/aromatic N) is 1. The van der Waals surface area contributed by atoms with E-state index in [0.717, 1.165) is 9.75 Å². The van der Waals surface area contributed by atoms with Gasteiger partial charge in [0.2, 0.25) is 10.0 Å². The number of rotatable bonds is 7. The number of carbonyl (C=O) groups is 1. The van der Waals surface area contributed by atoms with E-state index in [1.165, 1.54) is 27.0 Å². The van der Waals surface area contributed by atoms with Gasteiger partial charge >= 0.3 is 5.97 Å². The SMILES string of the molecule is O=C(O)CS(=O)(=O)N(Cc1cccs1)Cc1cccs1. The van der Waals surface area contributed by atoms with E-state index in [1.807, 2.05) is 35.0 Å². The van der Waals surface area contributed by atoms with Crippen LogP contribution in [-0.2, 0) is 27.9 Å². The van der Waals surface area contributed by atoms with Crippen molar-refractivity contribution in [3.8, 4) is 0 Å². The van der Waals surface area contributed by atoms with E-state index >= 15 is 0 Å². The van der Waals surface area contributed by atoms with Gasteiger partial charge < -0.3 is 5.11 Å². The fraction of sp³-hybridized carbons (Fsp3) is 0.250. The highest BCUT2D eigenvalue weighted by Crippen LogP contribution is 2.20. The molecule has 0 bridgehead atoms. The lowest BCUT2D eigenvalue weighted by Crippen LogP contribution is -2.34. The first-order valence-corrected chi connectivity index (χ1v) is 9.08. The van der Waals surface area contributed by atoms with E-state index < -0.39 is 21.7 Å². The minimum Gasteiger partial charge on any atom is -0.480 e. The van der Waals surface area contributed by atoms with E-state index in [-0.39, 0.29) is 13.1 Å². The fourth-order valence-corrected chi connectivity index (χ4v) is 4.42. The van der Waals surface area contributed by atoms with Gasteiger partial charge in [-0.15, -0.1) is 22.7 Å². The van der Waals surface area contributed by atoms with Gasteiger partial charge in [0.25, 0.3) is 0 Å². The summed E-state index contributed by atoms with van der Waals surface area (Å²) in [7, 11) is -3.83. The summed E-state index contributed by atoms with van der Waals surface area (Å²) in [6.07, 6.45) is 0. The zero-order valence-corrected chi connectivity index (χ0v) is 12.9. The number of thiophene rings is 2. The number of carboxylic acid groups (broad SMARTS) is 1. The lowest BCUT2D eigenvalue weighted by Gasteiger charge is -2.20. The molecule has 0 aliphatic rings. The molecule has 0 unspecified atom stereocenters. The molecule has 5 nitrogen and oxygen atoms in total. The van der Waals surface area contributed by atoms with Crippen LogP contribution < -0.4 is 0 Å². The number of aliphatic carboxylic acids is 1. The van der Waals surface area contributed by atoms with E-state index in [4.69, 9.17) is 5.11 Å². The van der Waals surface area contributed by atoms with Crippen molar-refractivity contribution in [3.05, 3.63) is 44.8 Å². The standard InChI is InChI=1S/C12H13NO4S3/c14-12(15)9-20(16,17)13(7-10-3-1-5-18-10)8-11-4-2-6-19-11/h1-6H,7-9H2,(H,14,15). The quantitative estimate of drug-likeness (QED) is 0.844. The second kappa shape index (κ2) is 6.49. The molecule has 8 heteroatoms. The molecule has 0 fully saturated rings. The molecule has 20 heavy (non-hydrogen) atoms. The van der Waals surface area contributed by atoms with Crippen LogP contribution in [0, 0.1) is 0 Å². The minimum absolute atomic E-state index is 0.200. The summed E-state index contributed by atoms with van der Waals surface area (Å²) in [5, 5.41) is 12.5. The van der Waals surface area contributed by atoms with Crippen LogP contribution in [0.15, 0.2) is 35.0 Å². The van der Waals surface area contributed by atoms with Gasteiger partial charge in [-0.1, -0.05) is 12.1 Å². The molecule has 0 saturated carbocycles. The van der Waals surface area contributed by atoms with Crippen molar-refractivity contribution >= 4 is 38.7 Å². The molecule has 0 aliphatic heterocycles. The van der Waals surface area contributed by atoms with E-state index in [1.54, 1.807) is 0 Å². The third-order valence-electron chi connectivity index (χ3n) is 2.52. The van der Waals surface area contributed by atoms with Gasteiger partial charge in [-0.05, 0) is 22.9 Å². The summed E-state index contributed by atoms with van der Waals surface area (Å²) in [6, 6.07) is 7.35. The third-order valence-corrected chi connectivity index (χ3v) is 5.90. The van der Waals surface area contributed by atoms with Crippen LogP contribution in [0.4, 0.5) is 0 Å². The molecule has 0 saturated heterocycles. The first kappa shape index (κ1) is 15.2.